The topological polar surface area (TPSA) is 68.3 Å². The number of aromatic nitrogens is 1. The predicted molar refractivity (Wildman–Crippen MR) is 95.9 cm³/mol. The zero-order valence-corrected chi connectivity index (χ0v) is 14.7. The van der Waals surface area contributed by atoms with Gasteiger partial charge in [0.1, 0.15) is 15.6 Å². The molecule has 24 heavy (non-hydrogen) atoms. The van der Waals surface area contributed by atoms with Gasteiger partial charge in [-0.3, -0.25) is 4.79 Å². The van der Waals surface area contributed by atoms with Crippen molar-refractivity contribution in [1.29, 1.82) is 0 Å². The molecule has 0 aliphatic rings. The molecule has 0 aliphatic heterocycles. The monoisotopic (exact) mass is 358 g/mol. The summed E-state index contributed by atoms with van der Waals surface area (Å²) in [7, 11) is 0. The number of aryl methyl sites for hydroxylation is 1. The van der Waals surface area contributed by atoms with Crippen molar-refractivity contribution in [3.8, 4) is 15.6 Å². The van der Waals surface area contributed by atoms with Crippen molar-refractivity contribution in [3.63, 3.8) is 0 Å². The first kappa shape index (κ1) is 16.4. The second-order valence-electron chi connectivity index (χ2n) is 5.01. The third-order valence-electron chi connectivity index (χ3n) is 3.10. The molecule has 1 N–H and O–H groups in total. The second kappa shape index (κ2) is 6.94. The Morgan fingerprint density at radius 3 is 2.54 bits per heavy atom. The lowest BCUT2D eigenvalue weighted by Gasteiger charge is -2.05. The first-order valence-corrected chi connectivity index (χ1v) is 8.83. The normalized spacial score (nSPS) is 10.4. The largest absolute Gasteiger partial charge is 0.422 e. The number of carbonyl (C=O) groups excluding carboxylic acids is 2. The molecule has 0 bridgehead atoms. The highest BCUT2D eigenvalue weighted by atomic mass is 32.1. The number of thiazole rings is 1. The van der Waals surface area contributed by atoms with Crippen LogP contribution in [0, 0.1) is 6.92 Å². The van der Waals surface area contributed by atoms with Gasteiger partial charge in [-0.25, -0.2) is 9.78 Å². The zero-order chi connectivity index (χ0) is 17.1. The van der Waals surface area contributed by atoms with Crippen LogP contribution in [0.2, 0.25) is 0 Å². The maximum atomic E-state index is 12.4. The number of esters is 1. The van der Waals surface area contributed by atoms with Crippen molar-refractivity contribution in [2.45, 2.75) is 13.8 Å². The Morgan fingerprint density at radius 1 is 1.17 bits per heavy atom. The van der Waals surface area contributed by atoms with Gasteiger partial charge in [-0.2, -0.15) is 0 Å². The van der Waals surface area contributed by atoms with Gasteiger partial charge < -0.3 is 10.1 Å². The lowest BCUT2D eigenvalue weighted by molar-refractivity contribution is -0.114. The molecular formula is C17H14N2O3S2. The van der Waals surface area contributed by atoms with Crippen LogP contribution in [0.5, 0.6) is 5.75 Å². The number of hydrogen-bond donors (Lipinski definition) is 1. The quantitative estimate of drug-likeness (QED) is 0.556. The first-order chi connectivity index (χ1) is 11.5. The molecule has 0 saturated heterocycles. The predicted octanol–water partition coefficient (Wildman–Crippen LogP) is 4.36. The first-order valence-electron chi connectivity index (χ1n) is 7.14. The van der Waals surface area contributed by atoms with Crippen LogP contribution in [0.15, 0.2) is 41.8 Å². The third kappa shape index (κ3) is 3.69. The minimum atomic E-state index is -0.430. The maximum Gasteiger partial charge on any atom is 0.355 e. The number of nitrogens with zero attached hydrogens (tertiary/aromatic N) is 1. The number of thiophene rings is 1. The number of amides is 1. The summed E-state index contributed by atoms with van der Waals surface area (Å²) in [6.45, 7) is 3.23. The van der Waals surface area contributed by atoms with E-state index in [-0.39, 0.29) is 5.91 Å². The van der Waals surface area contributed by atoms with Gasteiger partial charge in [0.15, 0.2) is 0 Å². The van der Waals surface area contributed by atoms with Crippen molar-refractivity contribution >= 4 is 40.2 Å². The van der Waals surface area contributed by atoms with E-state index in [9.17, 15) is 9.59 Å². The van der Waals surface area contributed by atoms with Gasteiger partial charge in [-0.1, -0.05) is 6.07 Å². The minimum Gasteiger partial charge on any atom is -0.422 e. The number of hydrogen-bond acceptors (Lipinski definition) is 6. The standard InChI is InChI=1S/C17H14N2O3S2/c1-10-15(24-16(18-10)14-4-3-9-23-14)17(21)22-13-7-5-12(6-8-13)19-11(2)20/h3-9H,1-2H3,(H,19,20). The summed E-state index contributed by atoms with van der Waals surface area (Å²) >= 11 is 2.91. The Bertz CT molecular complexity index is 868. The van der Waals surface area contributed by atoms with E-state index in [0.29, 0.717) is 22.0 Å². The Morgan fingerprint density at radius 2 is 1.92 bits per heavy atom. The fourth-order valence-electron chi connectivity index (χ4n) is 2.05. The van der Waals surface area contributed by atoms with Crippen LogP contribution in [0.3, 0.4) is 0 Å². The molecule has 0 saturated carbocycles. The summed E-state index contributed by atoms with van der Waals surface area (Å²) < 4.78 is 5.39. The summed E-state index contributed by atoms with van der Waals surface area (Å²) in [5.74, 6) is -0.166. The van der Waals surface area contributed by atoms with Crippen LogP contribution in [-0.4, -0.2) is 16.9 Å². The summed E-state index contributed by atoms with van der Waals surface area (Å²) in [4.78, 5) is 29.3. The van der Waals surface area contributed by atoms with E-state index in [2.05, 4.69) is 10.3 Å². The van der Waals surface area contributed by atoms with Crippen molar-refractivity contribution in [1.82, 2.24) is 4.98 Å². The molecule has 3 rings (SSSR count). The highest BCUT2D eigenvalue weighted by molar-refractivity contribution is 7.22. The minimum absolute atomic E-state index is 0.152. The number of anilines is 1. The number of nitrogens with one attached hydrogen (secondary N) is 1. The molecule has 0 aliphatic carbocycles. The van der Waals surface area contributed by atoms with E-state index in [0.717, 1.165) is 9.88 Å². The Labute approximate surface area is 146 Å². The average molecular weight is 358 g/mol. The molecule has 2 aromatic heterocycles. The molecule has 1 aromatic carbocycles. The third-order valence-corrected chi connectivity index (χ3v) is 5.28. The van der Waals surface area contributed by atoms with Gasteiger partial charge in [0, 0.05) is 12.6 Å². The van der Waals surface area contributed by atoms with Crippen molar-refractivity contribution in [2.75, 3.05) is 5.32 Å². The van der Waals surface area contributed by atoms with Crippen LogP contribution in [0.1, 0.15) is 22.3 Å². The SMILES string of the molecule is CC(=O)Nc1ccc(OC(=O)c2sc(-c3cccs3)nc2C)cc1. The number of benzene rings is 1. The van der Waals surface area contributed by atoms with Crippen LogP contribution in [-0.2, 0) is 4.79 Å². The molecule has 0 spiro atoms. The molecule has 3 aromatic rings. The molecular weight excluding hydrogens is 344 g/mol. The highest BCUT2D eigenvalue weighted by Gasteiger charge is 2.18. The summed E-state index contributed by atoms with van der Waals surface area (Å²) in [5, 5.41) is 5.45. The molecule has 0 atom stereocenters. The highest BCUT2D eigenvalue weighted by Crippen LogP contribution is 2.31. The van der Waals surface area contributed by atoms with E-state index < -0.39 is 5.97 Å². The van der Waals surface area contributed by atoms with Crippen LogP contribution in [0.4, 0.5) is 5.69 Å². The van der Waals surface area contributed by atoms with E-state index in [4.69, 9.17) is 4.74 Å². The summed E-state index contributed by atoms with van der Waals surface area (Å²) in [6, 6.07) is 10.6. The van der Waals surface area contributed by atoms with Gasteiger partial charge in [-0.05, 0) is 42.6 Å². The van der Waals surface area contributed by atoms with Gasteiger partial charge in [0.25, 0.3) is 0 Å². The lowest BCUT2D eigenvalue weighted by Crippen LogP contribution is -2.08. The Hall–Kier alpha value is -2.51. The molecule has 0 unspecified atom stereocenters. The van der Waals surface area contributed by atoms with E-state index >= 15 is 0 Å². The lowest BCUT2D eigenvalue weighted by atomic mass is 10.3. The fraction of sp³-hybridized carbons (Fsp3) is 0.118. The van der Waals surface area contributed by atoms with Crippen LogP contribution in [0.25, 0.3) is 9.88 Å². The zero-order valence-electron chi connectivity index (χ0n) is 13.0. The Kier molecular flexibility index (Phi) is 4.73. The van der Waals surface area contributed by atoms with Gasteiger partial charge in [-0.15, -0.1) is 22.7 Å². The summed E-state index contributed by atoms with van der Waals surface area (Å²) in [6.07, 6.45) is 0. The molecule has 0 fully saturated rings. The second-order valence-corrected chi connectivity index (χ2v) is 6.95. The van der Waals surface area contributed by atoms with Gasteiger partial charge >= 0.3 is 5.97 Å². The van der Waals surface area contributed by atoms with E-state index in [1.165, 1.54) is 18.3 Å². The molecule has 0 radical (unpaired) electrons. The van der Waals surface area contributed by atoms with Crippen LogP contribution >= 0.6 is 22.7 Å². The molecule has 122 valence electrons. The van der Waals surface area contributed by atoms with Crippen LogP contribution < -0.4 is 10.1 Å². The van der Waals surface area contributed by atoms with Crippen molar-refractivity contribution < 1.29 is 14.3 Å². The van der Waals surface area contributed by atoms with Crippen molar-refractivity contribution in [2.24, 2.45) is 0 Å². The summed E-state index contributed by atoms with van der Waals surface area (Å²) in [5.41, 5.74) is 1.31. The molecule has 7 heteroatoms. The number of ether oxygens (including phenoxy) is 1. The maximum absolute atomic E-state index is 12.4. The van der Waals surface area contributed by atoms with Crippen molar-refractivity contribution in [3.05, 3.63) is 52.3 Å². The van der Waals surface area contributed by atoms with E-state index in [1.807, 2.05) is 17.5 Å². The smallest absolute Gasteiger partial charge is 0.355 e. The van der Waals surface area contributed by atoms with E-state index in [1.54, 1.807) is 42.5 Å². The molecule has 5 nitrogen and oxygen atoms in total. The molecule has 1 amide bonds. The van der Waals surface area contributed by atoms with Gasteiger partial charge in [0.2, 0.25) is 5.91 Å². The molecule has 2 heterocycles. The number of rotatable bonds is 4. The fourth-order valence-corrected chi connectivity index (χ4v) is 3.79. The number of carbonyl (C=O) groups is 2. The average Bonchev–Trinajstić information content (AvgIpc) is 3.18. The Balaban J connectivity index is 1.74. The van der Waals surface area contributed by atoms with Gasteiger partial charge in [0.05, 0.1) is 10.6 Å².